The number of hydrogen-bond donors (Lipinski definition) is 1. The Morgan fingerprint density at radius 2 is 1.90 bits per heavy atom. The summed E-state index contributed by atoms with van der Waals surface area (Å²) >= 11 is 6.14. The Bertz CT molecular complexity index is 1340. The van der Waals surface area contributed by atoms with Crippen LogP contribution >= 0.6 is 11.6 Å². The van der Waals surface area contributed by atoms with Gasteiger partial charge in [0.1, 0.15) is 0 Å². The Balaban J connectivity index is 1.89. The Morgan fingerprint density at radius 3 is 2.63 bits per heavy atom. The quantitative estimate of drug-likeness (QED) is 0.498. The summed E-state index contributed by atoms with van der Waals surface area (Å²) in [5.41, 5.74) is 2.00. The molecule has 0 bridgehead atoms. The van der Waals surface area contributed by atoms with E-state index in [1.807, 2.05) is 0 Å². The van der Waals surface area contributed by atoms with Gasteiger partial charge in [-0.05, 0) is 48.0 Å². The van der Waals surface area contributed by atoms with Crippen molar-refractivity contribution in [3.8, 4) is 11.4 Å². The fourth-order valence-electron chi connectivity index (χ4n) is 3.37. The molecule has 0 aliphatic heterocycles. The van der Waals surface area contributed by atoms with Crippen LogP contribution in [0, 0.1) is 5.82 Å². The van der Waals surface area contributed by atoms with Gasteiger partial charge in [-0.3, -0.25) is 9.13 Å². The largest absolute Gasteiger partial charge is 0.505 e. The van der Waals surface area contributed by atoms with Crippen LogP contribution < -0.4 is 5.69 Å². The molecule has 1 aromatic heterocycles. The molecule has 0 saturated carbocycles. The molecule has 8 heteroatoms. The van der Waals surface area contributed by atoms with Crippen molar-refractivity contribution in [1.29, 1.82) is 0 Å². The highest BCUT2D eigenvalue weighted by molar-refractivity contribution is 6.31. The zero-order valence-electron chi connectivity index (χ0n) is 15.8. The van der Waals surface area contributed by atoms with Crippen molar-refractivity contribution in [3.63, 3.8) is 0 Å². The number of rotatable bonds is 4. The third-order valence-corrected chi connectivity index (χ3v) is 5.00. The number of carbonyl (C=O) groups excluding carboxylic acids is 1. The fraction of sp³-hybridized carbons (Fsp3) is 0.0909. The molecular weight excluding hydrogens is 411 g/mol. The Kier molecular flexibility index (Phi) is 5.05. The molecular formula is C22H16ClFN2O4. The van der Waals surface area contributed by atoms with Crippen molar-refractivity contribution < 1.29 is 19.0 Å². The maximum absolute atomic E-state index is 13.9. The van der Waals surface area contributed by atoms with Gasteiger partial charge in [0.25, 0.3) is 0 Å². The molecule has 0 amide bonds. The molecule has 0 aliphatic rings. The highest BCUT2D eigenvalue weighted by Crippen LogP contribution is 2.25. The predicted molar refractivity (Wildman–Crippen MR) is 111 cm³/mol. The van der Waals surface area contributed by atoms with Gasteiger partial charge in [0.05, 0.1) is 35.9 Å². The van der Waals surface area contributed by atoms with Crippen molar-refractivity contribution >= 4 is 28.6 Å². The number of carbonyl (C=O) groups is 1. The summed E-state index contributed by atoms with van der Waals surface area (Å²) in [6.07, 6.45) is 0. The molecule has 0 saturated heterocycles. The van der Waals surface area contributed by atoms with Gasteiger partial charge in [0.15, 0.2) is 11.6 Å². The maximum Gasteiger partial charge on any atom is 0.337 e. The van der Waals surface area contributed by atoms with Crippen LogP contribution in [0.25, 0.3) is 16.7 Å². The molecule has 4 aromatic rings. The number of phenols is 1. The first kappa shape index (κ1) is 19.7. The summed E-state index contributed by atoms with van der Waals surface area (Å²) in [6, 6.07) is 15.5. The van der Waals surface area contributed by atoms with E-state index in [1.165, 1.54) is 28.4 Å². The lowest BCUT2D eigenvalue weighted by Crippen LogP contribution is -2.24. The van der Waals surface area contributed by atoms with E-state index < -0.39 is 23.2 Å². The van der Waals surface area contributed by atoms with Crippen LogP contribution in [-0.2, 0) is 11.3 Å². The lowest BCUT2D eigenvalue weighted by molar-refractivity contribution is 0.0600. The average Bonchev–Trinajstić information content (AvgIpc) is 3.00. The number of esters is 1. The molecule has 6 nitrogen and oxygen atoms in total. The summed E-state index contributed by atoms with van der Waals surface area (Å²) in [5, 5.41) is 9.90. The summed E-state index contributed by atoms with van der Waals surface area (Å²) in [4.78, 5) is 25.1. The first-order valence-corrected chi connectivity index (χ1v) is 9.34. The van der Waals surface area contributed by atoms with Gasteiger partial charge < -0.3 is 9.84 Å². The summed E-state index contributed by atoms with van der Waals surface area (Å²) in [7, 11) is 1.30. The molecule has 1 N–H and O–H groups in total. The third-order valence-electron chi connectivity index (χ3n) is 4.77. The number of ether oxygens (including phenoxy) is 1. The second kappa shape index (κ2) is 7.68. The van der Waals surface area contributed by atoms with Gasteiger partial charge >= 0.3 is 11.7 Å². The smallest absolute Gasteiger partial charge is 0.337 e. The molecule has 0 spiro atoms. The number of aromatic nitrogens is 2. The summed E-state index contributed by atoms with van der Waals surface area (Å²) < 4.78 is 21.5. The van der Waals surface area contributed by atoms with Crippen molar-refractivity contribution in [2.24, 2.45) is 0 Å². The Morgan fingerprint density at radius 1 is 1.10 bits per heavy atom. The van der Waals surface area contributed by atoms with Crippen LogP contribution in [0.4, 0.5) is 4.39 Å². The molecule has 0 aliphatic carbocycles. The van der Waals surface area contributed by atoms with Gasteiger partial charge in [-0.1, -0.05) is 23.7 Å². The van der Waals surface area contributed by atoms with E-state index in [0.29, 0.717) is 27.2 Å². The Labute approximate surface area is 175 Å². The van der Waals surface area contributed by atoms with Gasteiger partial charge in [-0.25, -0.2) is 14.0 Å². The predicted octanol–water partition coefficient (Wildman–Crippen LogP) is 4.13. The number of hydrogen-bond acceptors (Lipinski definition) is 4. The van der Waals surface area contributed by atoms with Crippen molar-refractivity contribution in [2.45, 2.75) is 6.54 Å². The SMILES string of the molecule is COC(=O)c1cccc(Cn2c(=O)n(-c3ccc(O)c(F)c3)c3cc(Cl)ccc32)c1. The minimum atomic E-state index is -0.840. The zero-order chi connectivity index (χ0) is 21.4. The number of aromatic hydroxyl groups is 1. The van der Waals surface area contributed by atoms with Crippen molar-refractivity contribution in [1.82, 2.24) is 9.13 Å². The number of halogens is 2. The Hall–Kier alpha value is -3.58. The molecule has 1 heterocycles. The number of nitrogens with zero attached hydrogens (tertiary/aromatic N) is 2. The van der Waals surface area contributed by atoms with Crippen LogP contribution in [0.3, 0.4) is 0 Å². The maximum atomic E-state index is 13.9. The van der Waals surface area contributed by atoms with Crippen LogP contribution in [0.15, 0.2) is 65.5 Å². The molecule has 4 rings (SSSR count). The van der Waals surface area contributed by atoms with Gasteiger partial charge in [-0.2, -0.15) is 0 Å². The van der Waals surface area contributed by atoms with Gasteiger partial charge in [-0.15, -0.1) is 0 Å². The molecule has 0 unspecified atom stereocenters. The lowest BCUT2D eigenvalue weighted by atomic mass is 10.1. The van der Waals surface area contributed by atoms with E-state index in [1.54, 1.807) is 42.5 Å². The monoisotopic (exact) mass is 426 g/mol. The zero-order valence-corrected chi connectivity index (χ0v) is 16.6. The first-order valence-electron chi connectivity index (χ1n) is 8.96. The molecule has 3 aromatic carbocycles. The molecule has 152 valence electrons. The van der Waals surface area contributed by atoms with Crippen molar-refractivity contribution in [2.75, 3.05) is 7.11 Å². The molecule has 0 radical (unpaired) electrons. The van der Waals surface area contributed by atoms with Gasteiger partial charge in [0.2, 0.25) is 0 Å². The molecule has 0 atom stereocenters. The van der Waals surface area contributed by atoms with Crippen LogP contribution in [0.2, 0.25) is 5.02 Å². The number of imidazole rings is 1. The van der Waals surface area contributed by atoms with E-state index >= 15 is 0 Å². The topological polar surface area (TPSA) is 73.5 Å². The lowest BCUT2D eigenvalue weighted by Gasteiger charge is -2.06. The minimum Gasteiger partial charge on any atom is -0.505 e. The van der Waals surface area contributed by atoms with Gasteiger partial charge in [0, 0.05) is 11.1 Å². The van der Waals surface area contributed by atoms with Crippen LogP contribution in [0.1, 0.15) is 15.9 Å². The second-order valence-electron chi connectivity index (χ2n) is 6.66. The summed E-state index contributed by atoms with van der Waals surface area (Å²) in [5.74, 6) is -1.82. The van der Waals surface area contributed by atoms with E-state index in [4.69, 9.17) is 16.3 Å². The summed E-state index contributed by atoms with van der Waals surface area (Å²) in [6.45, 7) is 0.176. The second-order valence-corrected chi connectivity index (χ2v) is 7.10. The fourth-order valence-corrected chi connectivity index (χ4v) is 3.53. The number of benzene rings is 3. The number of fused-ring (bicyclic) bond motifs is 1. The number of methoxy groups -OCH3 is 1. The minimum absolute atomic E-state index is 0.176. The average molecular weight is 427 g/mol. The van der Waals surface area contributed by atoms with E-state index in [9.17, 15) is 19.1 Å². The highest BCUT2D eigenvalue weighted by Gasteiger charge is 2.17. The van der Waals surface area contributed by atoms with E-state index in [2.05, 4.69) is 0 Å². The van der Waals surface area contributed by atoms with Crippen molar-refractivity contribution in [3.05, 3.63) is 93.1 Å². The highest BCUT2D eigenvalue weighted by atomic mass is 35.5. The first-order chi connectivity index (χ1) is 14.4. The standard InChI is InChI=1S/C22H16ClFN2O4/c1-30-21(28)14-4-2-3-13(9-14)12-25-18-7-5-15(23)10-19(18)26(22(25)29)16-6-8-20(27)17(24)11-16/h2-11,27H,12H2,1H3. The molecule has 30 heavy (non-hydrogen) atoms. The van der Waals surface area contributed by atoms with Crippen LogP contribution in [0.5, 0.6) is 5.75 Å². The number of phenolic OH excluding ortho intramolecular Hbond substituents is 1. The van der Waals surface area contributed by atoms with E-state index in [0.717, 1.165) is 6.07 Å². The molecule has 0 fully saturated rings. The third kappa shape index (κ3) is 3.44. The normalized spacial score (nSPS) is 11.0. The van der Waals surface area contributed by atoms with E-state index in [-0.39, 0.29) is 12.2 Å². The van der Waals surface area contributed by atoms with Crippen LogP contribution in [-0.4, -0.2) is 27.3 Å².